The van der Waals surface area contributed by atoms with Crippen LogP contribution in [0.4, 0.5) is 0 Å². The maximum Gasteiger partial charge on any atom is 0.0799 e. The number of nitrogens with one attached hydrogen (secondary N) is 1. The number of hydrogen-bond donors (Lipinski definition) is 2. The lowest BCUT2D eigenvalue weighted by Gasteiger charge is -2.31. The maximum atomic E-state index is 11.1. The molecule has 0 aromatic carbocycles. The van der Waals surface area contributed by atoms with Gasteiger partial charge in [0.2, 0.25) is 0 Å². The van der Waals surface area contributed by atoms with Crippen LogP contribution in [0.25, 0.3) is 0 Å². The summed E-state index contributed by atoms with van der Waals surface area (Å²) in [5.41, 5.74) is 5.97. The minimum Gasteiger partial charge on any atom is -0.634 e. The average Bonchev–Trinajstić information content (AvgIpc) is 2.03. The molecule has 3 N–H and O–H groups in total. The molecule has 0 radical (unpaired) electrons. The second kappa shape index (κ2) is 5.04. The standard InChI is InChI=1S/C10H18N2O/c1-9(11)4-2-5-10-6-3-7-12(13)8-10/h2,4,10,12H,1,3,5-8,11H2/b4-2-. The van der Waals surface area contributed by atoms with Crippen LogP contribution in [0.15, 0.2) is 24.4 Å². The van der Waals surface area contributed by atoms with Crippen LogP contribution in [0.1, 0.15) is 19.3 Å². The Hall–Kier alpha value is -0.800. The van der Waals surface area contributed by atoms with E-state index >= 15 is 0 Å². The molecule has 0 amide bonds. The first-order valence-electron chi connectivity index (χ1n) is 4.81. The fourth-order valence-corrected chi connectivity index (χ4v) is 1.73. The molecule has 2 atom stereocenters. The Bertz CT molecular complexity index is 201. The third-order valence-electron chi connectivity index (χ3n) is 2.39. The Morgan fingerprint density at radius 3 is 3.08 bits per heavy atom. The molecule has 1 heterocycles. The van der Waals surface area contributed by atoms with Crippen molar-refractivity contribution in [1.29, 1.82) is 0 Å². The fraction of sp³-hybridized carbons (Fsp3) is 0.600. The predicted octanol–water partition coefficient (Wildman–Crippen LogP) is 0.198. The summed E-state index contributed by atoms with van der Waals surface area (Å²) >= 11 is 0. The summed E-state index contributed by atoms with van der Waals surface area (Å²) in [7, 11) is 0. The van der Waals surface area contributed by atoms with Gasteiger partial charge in [-0.25, -0.2) is 0 Å². The molecule has 0 bridgehead atoms. The number of quaternary nitrogens is 1. The third kappa shape index (κ3) is 4.10. The van der Waals surface area contributed by atoms with Crippen molar-refractivity contribution in [1.82, 2.24) is 0 Å². The van der Waals surface area contributed by atoms with Gasteiger partial charge in [0.1, 0.15) is 0 Å². The van der Waals surface area contributed by atoms with E-state index in [1.165, 1.54) is 6.42 Å². The van der Waals surface area contributed by atoms with Crippen LogP contribution < -0.4 is 10.8 Å². The van der Waals surface area contributed by atoms with Gasteiger partial charge in [0.05, 0.1) is 13.1 Å². The Morgan fingerprint density at radius 2 is 2.46 bits per heavy atom. The van der Waals surface area contributed by atoms with E-state index in [-0.39, 0.29) is 0 Å². The molecule has 13 heavy (non-hydrogen) atoms. The number of piperidine rings is 1. The lowest BCUT2D eigenvalue weighted by atomic mass is 9.96. The Balaban J connectivity index is 2.24. The van der Waals surface area contributed by atoms with Gasteiger partial charge in [-0.1, -0.05) is 12.7 Å². The summed E-state index contributed by atoms with van der Waals surface area (Å²) in [5.74, 6) is 0.539. The zero-order valence-electron chi connectivity index (χ0n) is 7.96. The topological polar surface area (TPSA) is 53.5 Å². The first kappa shape index (κ1) is 10.3. The summed E-state index contributed by atoms with van der Waals surface area (Å²) in [6, 6.07) is 0. The Kier molecular flexibility index (Phi) is 3.99. The summed E-state index contributed by atoms with van der Waals surface area (Å²) < 4.78 is 0. The molecule has 1 aliphatic rings. The van der Waals surface area contributed by atoms with Gasteiger partial charge in [-0.05, 0) is 25.3 Å². The minimum atomic E-state index is 0.413. The highest BCUT2D eigenvalue weighted by molar-refractivity contribution is 5.09. The predicted molar refractivity (Wildman–Crippen MR) is 53.9 cm³/mol. The van der Waals surface area contributed by atoms with E-state index in [4.69, 9.17) is 5.73 Å². The van der Waals surface area contributed by atoms with Crippen LogP contribution in [0, 0.1) is 11.1 Å². The number of allylic oxidation sites excluding steroid dienone is 2. The van der Waals surface area contributed by atoms with E-state index in [1.807, 2.05) is 12.2 Å². The molecule has 1 saturated heterocycles. The molecule has 3 nitrogen and oxygen atoms in total. The van der Waals surface area contributed by atoms with Crippen LogP contribution in [-0.2, 0) is 0 Å². The van der Waals surface area contributed by atoms with Crippen molar-refractivity contribution < 1.29 is 5.06 Å². The summed E-state index contributed by atoms with van der Waals surface area (Å²) in [6.45, 7) is 5.11. The van der Waals surface area contributed by atoms with Gasteiger partial charge >= 0.3 is 0 Å². The smallest absolute Gasteiger partial charge is 0.0799 e. The molecule has 0 aromatic rings. The van der Waals surface area contributed by atoms with Crippen molar-refractivity contribution in [3.05, 3.63) is 29.6 Å². The molecular formula is C10H18N2O. The molecule has 0 spiro atoms. The van der Waals surface area contributed by atoms with Crippen LogP contribution >= 0.6 is 0 Å². The van der Waals surface area contributed by atoms with Gasteiger partial charge in [-0.3, -0.25) is 0 Å². The molecule has 74 valence electrons. The van der Waals surface area contributed by atoms with E-state index in [2.05, 4.69) is 6.58 Å². The van der Waals surface area contributed by atoms with Crippen molar-refractivity contribution in [2.75, 3.05) is 13.1 Å². The van der Waals surface area contributed by atoms with Gasteiger partial charge in [0, 0.05) is 11.6 Å². The molecule has 0 aliphatic carbocycles. The van der Waals surface area contributed by atoms with Crippen molar-refractivity contribution in [2.45, 2.75) is 19.3 Å². The monoisotopic (exact) mass is 182 g/mol. The highest BCUT2D eigenvalue weighted by Gasteiger charge is 2.16. The second-order valence-electron chi connectivity index (χ2n) is 3.71. The van der Waals surface area contributed by atoms with Crippen LogP contribution in [0.5, 0.6) is 0 Å². The van der Waals surface area contributed by atoms with Crippen molar-refractivity contribution >= 4 is 0 Å². The van der Waals surface area contributed by atoms with Crippen LogP contribution in [0.3, 0.4) is 0 Å². The lowest BCUT2D eigenvalue weighted by molar-refractivity contribution is -0.857. The van der Waals surface area contributed by atoms with Crippen LogP contribution in [-0.4, -0.2) is 13.1 Å². The van der Waals surface area contributed by atoms with Crippen molar-refractivity contribution in [2.24, 2.45) is 11.7 Å². The Morgan fingerprint density at radius 1 is 1.69 bits per heavy atom. The van der Waals surface area contributed by atoms with Crippen molar-refractivity contribution in [3.63, 3.8) is 0 Å². The van der Waals surface area contributed by atoms with E-state index in [9.17, 15) is 5.21 Å². The van der Waals surface area contributed by atoms with E-state index in [1.54, 1.807) is 0 Å². The average molecular weight is 182 g/mol. The molecule has 0 saturated carbocycles. The highest BCUT2D eigenvalue weighted by Crippen LogP contribution is 2.12. The van der Waals surface area contributed by atoms with E-state index in [0.717, 1.165) is 25.9 Å². The summed E-state index contributed by atoms with van der Waals surface area (Å²) in [6.07, 6.45) is 7.03. The number of nitrogens with two attached hydrogens (primary N) is 1. The molecule has 2 unspecified atom stereocenters. The zero-order valence-corrected chi connectivity index (χ0v) is 7.96. The second-order valence-corrected chi connectivity index (χ2v) is 3.71. The third-order valence-corrected chi connectivity index (χ3v) is 2.39. The van der Waals surface area contributed by atoms with Crippen molar-refractivity contribution in [3.8, 4) is 0 Å². The molecule has 1 fully saturated rings. The van der Waals surface area contributed by atoms with Crippen LogP contribution in [0.2, 0.25) is 0 Å². The molecule has 0 aromatic heterocycles. The van der Waals surface area contributed by atoms with Gasteiger partial charge in [-0.15, -0.1) is 0 Å². The highest BCUT2D eigenvalue weighted by atomic mass is 16.5. The van der Waals surface area contributed by atoms with Gasteiger partial charge in [-0.2, -0.15) is 0 Å². The van der Waals surface area contributed by atoms with Gasteiger partial charge in [0.25, 0.3) is 0 Å². The van der Waals surface area contributed by atoms with Gasteiger partial charge in [0.15, 0.2) is 0 Å². The summed E-state index contributed by atoms with van der Waals surface area (Å²) in [5, 5.41) is 11.5. The summed E-state index contributed by atoms with van der Waals surface area (Å²) in [4.78, 5) is 0. The number of hydroxylamine groups is 2. The number of rotatable bonds is 3. The normalized spacial score (nSPS) is 29.3. The Labute approximate surface area is 79.5 Å². The largest absolute Gasteiger partial charge is 0.634 e. The van der Waals surface area contributed by atoms with E-state index < -0.39 is 0 Å². The quantitative estimate of drug-likeness (QED) is 0.484. The fourth-order valence-electron chi connectivity index (χ4n) is 1.73. The molecule has 1 rings (SSSR count). The molecular weight excluding hydrogens is 164 g/mol. The maximum absolute atomic E-state index is 11.1. The molecule has 3 heteroatoms. The van der Waals surface area contributed by atoms with Gasteiger partial charge < -0.3 is 16.0 Å². The SMILES string of the molecule is C=C(N)/C=C\CC1CCC[NH+]([O-])C1. The zero-order chi connectivity index (χ0) is 9.68. The first-order valence-corrected chi connectivity index (χ1v) is 4.81. The first-order chi connectivity index (χ1) is 6.18. The molecule has 1 aliphatic heterocycles. The number of hydrogen-bond acceptors (Lipinski definition) is 2. The lowest BCUT2D eigenvalue weighted by Crippen LogP contribution is -3.08. The minimum absolute atomic E-state index is 0.413. The van der Waals surface area contributed by atoms with E-state index in [0.29, 0.717) is 16.7 Å².